The van der Waals surface area contributed by atoms with Gasteiger partial charge < -0.3 is 20.5 Å². The molecule has 1 aromatic heterocycles. The fraction of sp³-hybridized carbons (Fsp3) is 0.231. The minimum absolute atomic E-state index is 0.562. The van der Waals surface area contributed by atoms with Crippen molar-refractivity contribution in [2.45, 2.75) is 6.54 Å². The monoisotopic (exact) mass is 296 g/mol. The molecule has 4 nitrogen and oxygen atoms in total. The highest BCUT2D eigenvalue weighted by molar-refractivity contribution is 7.16. The molecule has 2 heterocycles. The summed E-state index contributed by atoms with van der Waals surface area (Å²) in [5.74, 6) is 1.43. The Kier molecular flexibility index (Phi) is 3.40. The molecule has 1 aliphatic heterocycles. The van der Waals surface area contributed by atoms with Gasteiger partial charge in [0.25, 0.3) is 0 Å². The first-order valence-corrected chi connectivity index (χ1v) is 7.09. The highest BCUT2D eigenvalue weighted by Gasteiger charge is 2.14. The number of benzene rings is 1. The molecule has 0 saturated heterocycles. The predicted octanol–water partition coefficient (Wildman–Crippen LogP) is 3.37. The summed E-state index contributed by atoms with van der Waals surface area (Å²) < 4.78 is 11.8. The van der Waals surface area contributed by atoms with E-state index in [0.717, 1.165) is 20.7 Å². The maximum Gasteiger partial charge on any atom is 0.163 e. The van der Waals surface area contributed by atoms with Crippen molar-refractivity contribution in [2.75, 3.05) is 24.3 Å². The Hall–Kier alpha value is -1.59. The molecule has 0 atom stereocenters. The first-order chi connectivity index (χ1) is 9.22. The van der Waals surface area contributed by atoms with Crippen molar-refractivity contribution in [3.8, 4) is 11.5 Å². The molecule has 0 bridgehead atoms. The number of nitrogens with two attached hydrogens (primary N) is 1. The van der Waals surface area contributed by atoms with Crippen LogP contribution in [0.25, 0.3) is 0 Å². The molecular weight excluding hydrogens is 284 g/mol. The van der Waals surface area contributed by atoms with Crippen molar-refractivity contribution in [3.05, 3.63) is 33.5 Å². The van der Waals surface area contributed by atoms with Crippen LogP contribution < -0.4 is 20.5 Å². The van der Waals surface area contributed by atoms with Gasteiger partial charge in [-0.2, -0.15) is 0 Å². The molecule has 0 unspecified atom stereocenters. The van der Waals surface area contributed by atoms with Crippen LogP contribution in [0.4, 0.5) is 11.4 Å². The smallest absolute Gasteiger partial charge is 0.163 e. The minimum Gasteiger partial charge on any atom is -0.486 e. The zero-order valence-corrected chi connectivity index (χ0v) is 11.7. The SMILES string of the molecule is Nc1cc2c(cc1NCc1ccc(Cl)s1)OCCO2. The highest BCUT2D eigenvalue weighted by Crippen LogP contribution is 2.37. The Labute approximate surface area is 120 Å². The summed E-state index contributed by atoms with van der Waals surface area (Å²) in [6.45, 7) is 1.81. The van der Waals surface area contributed by atoms with Crippen LogP contribution in [0, 0.1) is 0 Å². The molecule has 0 aliphatic carbocycles. The summed E-state index contributed by atoms with van der Waals surface area (Å²) in [7, 11) is 0. The van der Waals surface area contributed by atoms with E-state index in [9.17, 15) is 0 Å². The molecule has 1 aliphatic rings. The average Bonchev–Trinajstić information content (AvgIpc) is 2.82. The van der Waals surface area contributed by atoms with Crippen molar-refractivity contribution in [2.24, 2.45) is 0 Å². The molecule has 0 radical (unpaired) electrons. The van der Waals surface area contributed by atoms with Crippen LogP contribution in [0.2, 0.25) is 4.34 Å². The summed E-state index contributed by atoms with van der Waals surface area (Å²) >= 11 is 7.45. The number of hydrogen-bond acceptors (Lipinski definition) is 5. The molecule has 3 rings (SSSR count). The van der Waals surface area contributed by atoms with Crippen molar-refractivity contribution < 1.29 is 9.47 Å². The maximum atomic E-state index is 5.99. The van der Waals surface area contributed by atoms with E-state index in [4.69, 9.17) is 26.8 Å². The number of fused-ring (bicyclic) bond motifs is 1. The normalized spacial score (nSPS) is 13.3. The standard InChI is InChI=1S/C13H13ClN2O2S/c14-13-2-1-8(19-13)7-16-10-6-12-11(5-9(10)15)17-3-4-18-12/h1-2,5-6,16H,3-4,7,15H2. The van der Waals surface area contributed by atoms with Crippen LogP contribution in [0.5, 0.6) is 11.5 Å². The zero-order valence-electron chi connectivity index (χ0n) is 10.1. The molecule has 0 amide bonds. The van der Waals surface area contributed by atoms with E-state index in [2.05, 4.69) is 5.32 Å². The van der Waals surface area contributed by atoms with Crippen LogP contribution >= 0.6 is 22.9 Å². The number of thiophene rings is 1. The van der Waals surface area contributed by atoms with Gasteiger partial charge in [0.2, 0.25) is 0 Å². The molecule has 1 aromatic carbocycles. The molecule has 0 spiro atoms. The second-order valence-corrected chi connectivity index (χ2v) is 5.94. The predicted molar refractivity (Wildman–Crippen MR) is 78.5 cm³/mol. The molecule has 2 aromatic rings. The van der Waals surface area contributed by atoms with E-state index < -0.39 is 0 Å². The van der Waals surface area contributed by atoms with E-state index in [1.807, 2.05) is 18.2 Å². The third kappa shape index (κ3) is 2.72. The van der Waals surface area contributed by atoms with Gasteiger partial charge in [0, 0.05) is 23.6 Å². The van der Waals surface area contributed by atoms with Gasteiger partial charge in [-0.25, -0.2) is 0 Å². The third-order valence-electron chi connectivity index (χ3n) is 2.80. The van der Waals surface area contributed by atoms with Crippen molar-refractivity contribution in [1.82, 2.24) is 0 Å². The number of ether oxygens (including phenoxy) is 2. The Bertz CT molecular complexity index is 600. The second-order valence-electron chi connectivity index (χ2n) is 4.14. The van der Waals surface area contributed by atoms with Gasteiger partial charge in [-0.15, -0.1) is 11.3 Å². The largest absolute Gasteiger partial charge is 0.486 e. The number of nitrogens with one attached hydrogen (secondary N) is 1. The Morgan fingerprint density at radius 1 is 1.21 bits per heavy atom. The topological polar surface area (TPSA) is 56.5 Å². The van der Waals surface area contributed by atoms with Gasteiger partial charge in [0.15, 0.2) is 11.5 Å². The van der Waals surface area contributed by atoms with Crippen LogP contribution in [0.15, 0.2) is 24.3 Å². The van der Waals surface area contributed by atoms with E-state index >= 15 is 0 Å². The Balaban J connectivity index is 1.77. The Morgan fingerprint density at radius 2 is 1.95 bits per heavy atom. The molecule has 6 heteroatoms. The van der Waals surface area contributed by atoms with Crippen molar-refractivity contribution in [1.29, 1.82) is 0 Å². The lowest BCUT2D eigenvalue weighted by atomic mass is 10.2. The first kappa shape index (κ1) is 12.4. The number of nitrogen functional groups attached to an aromatic ring is 1. The molecular formula is C13H13ClN2O2S. The van der Waals surface area contributed by atoms with E-state index in [-0.39, 0.29) is 0 Å². The van der Waals surface area contributed by atoms with Crippen LogP contribution in [-0.2, 0) is 6.54 Å². The van der Waals surface area contributed by atoms with Crippen molar-refractivity contribution >= 4 is 34.3 Å². The maximum absolute atomic E-state index is 5.99. The van der Waals surface area contributed by atoms with Gasteiger partial charge in [-0.05, 0) is 12.1 Å². The van der Waals surface area contributed by atoms with Crippen LogP contribution in [0.1, 0.15) is 4.88 Å². The van der Waals surface area contributed by atoms with Gasteiger partial charge in [-0.3, -0.25) is 0 Å². The quantitative estimate of drug-likeness (QED) is 0.853. The number of hydrogen-bond donors (Lipinski definition) is 2. The average molecular weight is 297 g/mol. The molecule has 0 fully saturated rings. The van der Waals surface area contributed by atoms with E-state index in [1.165, 1.54) is 0 Å². The molecule has 100 valence electrons. The fourth-order valence-corrected chi connectivity index (χ4v) is 2.91. The van der Waals surface area contributed by atoms with E-state index in [1.54, 1.807) is 17.4 Å². The Morgan fingerprint density at radius 3 is 2.63 bits per heavy atom. The van der Waals surface area contributed by atoms with Gasteiger partial charge in [0.1, 0.15) is 13.2 Å². The summed E-state index contributed by atoms with van der Waals surface area (Å²) in [6, 6.07) is 7.54. The van der Waals surface area contributed by atoms with Crippen LogP contribution in [0.3, 0.4) is 0 Å². The highest BCUT2D eigenvalue weighted by atomic mass is 35.5. The molecule has 3 N–H and O–H groups in total. The minimum atomic E-state index is 0.562. The van der Waals surface area contributed by atoms with Gasteiger partial charge in [0.05, 0.1) is 15.7 Å². The summed E-state index contributed by atoms with van der Waals surface area (Å²) in [4.78, 5) is 1.15. The van der Waals surface area contributed by atoms with Gasteiger partial charge in [-0.1, -0.05) is 11.6 Å². The summed E-state index contributed by atoms with van der Waals surface area (Å²) in [5.41, 5.74) is 7.48. The second kappa shape index (κ2) is 5.19. The number of halogens is 1. The lowest BCUT2D eigenvalue weighted by molar-refractivity contribution is 0.172. The summed E-state index contributed by atoms with van der Waals surface area (Å²) in [6.07, 6.45) is 0. The van der Waals surface area contributed by atoms with Gasteiger partial charge >= 0.3 is 0 Å². The lowest BCUT2D eigenvalue weighted by Crippen LogP contribution is -2.16. The number of rotatable bonds is 3. The number of anilines is 2. The zero-order chi connectivity index (χ0) is 13.2. The van der Waals surface area contributed by atoms with Crippen LogP contribution in [-0.4, -0.2) is 13.2 Å². The lowest BCUT2D eigenvalue weighted by Gasteiger charge is -2.20. The molecule has 19 heavy (non-hydrogen) atoms. The van der Waals surface area contributed by atoms with Crippen molar-refractivity contribution in [3.63, 3.8) is 0 Å². The summed E-state index contributed by atoms with van der Waals surface area (Å²) in [5, 5.41) is 3.28. The van der Waals surface area contributed by atoms with E-state index in [0.29, 0.717) is 31.2 Å². The third-order valence-corrected chi connectivity index (χ3v) is 4.03. The first-order valence-electron chi connectivity index (χ1n) is 5.89. The fourth-order valence-electron chi connectivity index (χ4n) is 1.89. The molecule has 0 saturated carbocycles.